The lowest BCUT2D eigenvalue weighted by Gasteiger charge is -2.16. The predicted molar refractivity (Wildman–Crippen MR) is 68.8 cm³/mol. The molecule has 1 aromatic carbocycles. The van der Waals surface area contributed by atoms with Crippen molar-refractivity contribution in [3.63, 3.8) is 0 Å². The number of Topliss-reactive ketones (excluding diaryl/α,β-unsaturated/α-hetero) is 1. The first kappa shape index (κ1) is 12.6. The molecule has 1 heterocycles. The monoisotopic (exact) mass is 247 g/mol. The average Bonchev–Trinajstić information content (AvgIpc) is 2.82. The molecule has 96 valence electrons. The van der Waals surface area contributed by atoms with Crippen LogP contribution in [-0.2, 0) is 9.59 Å². The van der Waals surface area contributed by atoms with Gasteiger partial charge in [-0.25, -0.2) is 0 Å². The molecule has 0 saturated carbocycles. The van der Waals surface area contributed by atoms with Crippen LogP contribution in [0.25, 0.3) is 0 Å². The van der Waals surface area contributed by atoms with Gasteiger partial charge < -0.3 is 9.64 Å². The van der Waals surface area contributed by atoms with Crippen molar-refractivity contribution in [1.29, 1.82) is 0 Å². The van der Waals surface area contributed by atoms with Crippen LogP contribution in [0, 0.1) is 0 Å². The first-order chi connectivity index (χ1) is 8.70. The van der Waals surface area contributed by atoms with E-state index in [9.17, 15) is 9.59 Å². The van der Waals surface area contributed by atoms with Gasteiger partial charge in [-0.1, -0.05) is 13.0 Å². The third-order valence-corrected chi connectivity index (χ3v) is 3.00. The molecule has 4 heteroatoms. The van der Waals surface area contributed by atoms with Gasteiger partial charge in [-0.15, -0.1) is 0 Å². The van der Waals surface area contributed by atoms with Crippen molar-refractivity contribution < 1.29 is 14.3 Å². The molecular weight excluding hydrogens is 230 g/mol. The van der Waals surface area contributed by atoms with Gasteiger partial charge in [0, 0.05) is 31.1 Å². The van der Waals surface area contributed by atoms with E-state index in [1.165, 1.54) is 0 Å². The number of carbonyl (C=O) groups excluding carboxylic acids is 2. The summed E-state index contributed by atoms with van der Waals surface area (Å²) in [4.78, 5) is 24.6. The number of nitrogens with zero attached hydrogens (tertiary/aromatic N) is 1. The molecule has 1 fully saturated rings. The van der Waals surface area contributed by atoms with Crippen molar-refractivity contribution >= 4 is 17.4 Å². The van der Waals surface area contributed by atoms with Crippen molar-refractivity contribution in [2.24, 2.45) is 0 Å². The summed E-state index contributed by atoms with van der Waals surface area (Å²) in [5.41, 5.74) is 0.846. The zero-order valence-corrected chi connectivity index (χ0v) is 10.5. The molecule has 0 unspecified atom stereocenters. The van der Waals surface area contributed by atoms with E-state index in [2.05, 4.69) is 0 Å². The van der Waals surface area contributed by atoms with Gasteiger partial charge >= 0.3 is 0 Å². The Morgan fingerprint density at radius 2 is 2.28 bits per heavy atom. The minimum Gasteiger partial charge on any atom is -0.486 e. The molecule has 0 aromatic heterocycles. The molecule has 0 N–H and O–H groups in total. The highest BCUT2D eigenvalue weighted by Crippen LogP contribution is 2.25. The summed E-state index contributed by atoms with van der Waals surface area (Å²) in [6.07, 6.45) is 1.99. The summed E-state index contributed by atoms with van der Waals surface area (Å²) in [6, 6.07) is 7.34. The van der Waals surface area contributed by atoms with Gasteiger partial charge in [0.05, 0.1) is 0 Å². The van der Waals surface area contributed by atoms with Crippen molar-refractivity contribution in [3.05, 3.63) is 24.3 Å². The van der Waals surface area contributed by atoms with E-state index in [4.69, 9.17) is 4.74 Å². The quantitative estimate of drug-likeness (QED) is 0.801. The Bertz CT molecular complexity index is 456. The molecular formula is C14H17NO3. The molecule has 0 radical (unpaired) electrons. The van der Waals surface area contributed by atoms with E-state index in [0.29, 0.717) is 18.6 Å². The molecule has 1 aromatic rings. The third-order valence-electron chi connectivity index (χ3n) is 3.00. The summed E-state index contributed by atoms with van der Waals surface area (Å²) in [5.74, 6) is 0.850. The van der Waals surface area contributed by atoms with Crippen molar-refractivity contribution in [2.75, 3.05) is 18.1 Å². The molecule has 1 aliphatic heterocycles. The van der Waals surface area contributed by atoms with Crippen molar-refractivity contribution in [1.82, 2.24) is 0 Å². The van der Waals surface area contributed by atoms with Gasteiger partial charge in [0.15, 0.2) is 5.78 Å². The first-order valence-electron chi connectivity index (χ1n) is 6.25. The van der Waals surface area contributed by atoms with Crippen LogP contribution in [0.1, 0.15) is 26.2 Å². The van der Waals surface area contributed by atoms with Crippen LogP contribution in [0.15, 0.2) is 24.3 Å². The lowest BCUT2D eigenvalue weighted by molar-refractivity contribution is -0.120. The highest BCUT2D eigenvalue weighted by molar-refractivity contribution is 5.95. The molecule has 0 aliphatic carbocycles. The lowest BCUT2D eigenvalue weighted by atomic mass is 10.2. The van der Waals surface area contributed by atoms with Crippen LogP contribution in [-0.4, -0.2) is 24.8 Å². The first-order valence-corrected chi connectivity index (χ1v) is 6.25. The van der Waals surface area contributed by atoms with E-state index >= 15 is 0 Å². The predicted octanol–water partition coefficient (Wildman–Crippen LogP) is 2.17. The summed E-state index contributed by atoms with van der Waals surface area (Å²) in [6.45, 7) is 2.66. The number of benzene rings is 1. The highest BCUT2D eigenvalue weighted by atomic mass is 16.5. The van der Waals surface area contributed by atoms with Crippen LogP contribution >= 0.6 is 0 Å². The van der Waals surface area contributed by atoms with E-state index in [0.717, 1.165) is 18.7 Å². The zero-order chi connectivity index (χ0) is 13.0. The van der Waals surface area contributed by atoms with Crippen LogP contribution in [0.4, 0.5) is 5.69 Å². The fourth-order valence-electron chi connectivity index (χ4n) is 1.93. The molecule has 4 nitrogen and oxygen atoms in total. The summed E-state index contributed by atoms with van der Waals surface area (Å²) in [5, 5.41) is 0. The highest BCUT2D eigenvalue weighted by Gasteiger charge is 2.21. The van der Waals surface area contributed by atoms with Crippen molar-refractivity contribution in [2.45, 2.75) is 26.2 Å². The summed E-state index contributed by atoms with van der Waals surface area (Å²) < 4.78 is 5.41. The normalized spacial score (nSPS) is 14.9. The van der Waals surface area contributed by atoms with Crippen molar-refractivity contribution in [3.8, 4) is 5.75 Å². The van der Waals surface area contributed by atoms with Gasteiger partial charge in [-0.05, 0) is 18.6 Å². The van der Waals surface area contributed by atoms with Crippen LogP contribution in [0.2, 0.25) is 0 Å². The topological polar surface area (TPSA) is 46.6 Å². The molecule has 1 amide bonds. The Balaban J connectivity index is 2.05. The maximum absolute atomic E-state index is 11.6. The maximum Gasteiger partial charge on any atom is 0.227 e. The Morgan fingerprint density at radius 1 is 1.44 bits per heavy atom. The summed E-state index contributed by atoms with van der Waals surface area (Å²) >= 11 is 0. The maximum atomic E-state index is 11.6. The second-order valence-corrected chi connectivity index (χ2v) is 4.33. The Hall–Kier alpha value is -1.84. The van der Waals surface area contributed by atoms with Gasteiger partial charge in [-0.3, -0.25) is 9.59 Å². The second kappa shape index (κ2) is 5.67. The fraction of sp³-hybridized carbons (Fsp3) is 0.429. The number of hydrogen-bond acceptors (Lipinski definition) is 3. The number of ketones is 1. The van der Waals surface area contributed by atoms with Crippen LogP contribution in [0.3, 0.4) is 0 Å². The number of carbonyl (C=O) groups is 2. The van der Waals surface area contributed by atoms with E-state index < -0.39 is 0 Å². The minimum absolute atomic E-state index is 0.0673. The second-order valence-electron chi connectivity index (χ2n) is 4.33. The Kier molecular flexibility index (Phi) is 3.97. The fourth-order valence-corrected chi connectivity index (χ4v) is 1.93. The number of rotatable bonds is 5. The van der Waals surface area contributed by atoms with E-state index in [1.807, 2.05) is 25.1 Å². The lowest BCUT2D eigenvalue weighted by Crippen LogP contribution is -2.23. The molecule has 1 saturated heterocycles. The number of hydrogen-bond donors (Lipinski definition) is 0. The smallest absolute Gasteiger partial charge is 0.227 e. The number of anilines is 1. The molecule has 2 rings (SSSR count). The number of amides is 1. The molecule has 1 aliphatic rings. The van der Waals surface area contributed by atoms with Gasteiger partial charge in [0.25, 0.3) is 0 Å². The van der Waals surface area contributed by atoms with E-state index in [1.54, 1.807) is 11.0 Å². The third kappa shape index (κ3) is 2.88. The largest absolute Gasteiger partial charge is 0.486 e. The molecule has 18 heavy (non-hydrogen) atoms. The van der Waals surface area contributed by atoms with Crippen LogP contribution in [0.5, 0.6) is 5.75 Å². The average molecular weight is 247 g/mol. The van der Waals surface area contributed by atoms with Gasteiger partial charge in [-0.2, -0.15) is 0 Å². The molecule has 0 atom stereocenters. The zero-order valence-electron chi connectivity index (χ0n) is 10.5. The Morgan fingerprint density at radius 3 is 2.94 bits per heavy atom. The van der Waals surface area contributed by atoms with Crippen LogP contribution < -0.4 is 9.64 Å². The van der Waals surface area contributed by atoms with E-state index in [-0.39, 0.29) is 18.3 Å². The SMILES string of the molecule is CCC(=O)COc1cccc(N2CCCC2=O)c1. The minimum atomic E-state index is 0.0673. The standard InChI is InChI=1S/C14H17NO3/c1-2-12(16)10-18-13-6-3-5-11(9-13)15-8-4-7-14(15)17/h3,5-6,9H,2,4,7-8,10H2,1H3. The Labute approximate surface area is 107 Å². The van der Waals surface area contributed by atoms with Gasteiger partial charge in [0.2, 0.25) is 5.91 Å². The summed E-state index contributed by atoms with van der Waals surface area (Å²) in [7, 11) is 0. The van der Waals surface area contributed by atoms with Gasteiger partial charge in [0.1, 0.15) is 12.4 Å². The molecule has 0 bridgehead atoms. The number of ether oxygens (including phenoxy) is 1. The molecule has 0 spiro atoms.